The van der Waals surface area contributed by atoms with Crippen LogP contribution < -0.4 is 4.52 Å². The molecule has 0 fully saturated rings. The molecule has 4 nitrogen and oxygen atoms in total. The Balaban J connectivity index is 2.32. The third-order valence-corrected chi connectivity index (χ3v) is 3.75. The van der Waals surface area contributed by atoms with Gasteiger partial charge in [0.1, 0.15) is 5.75 Å². The lowest BCUT2D eigenvalue weighted by Crippen LogP contribution is -2.00. The molecule has 1 unspecified atom stereocenters. The van der Waals surface area contributed by atoms with Gasteiger partial charge in [-0.3, -0.25) is 9.42 Å². The second kappa shape index (κ2) is 8.36. The second-order valence-electron chi connectivity index (χ2n) is 4.57. The number of phosphoric acid groups is 1. The molecule has 0 heterocycles. The van der Waals surface area contributed by atoms with Crippen LogP contribution in [-0.2, 0) is 9.09 Å². The quantitative estimate of drug-likeness (QED) is 0.538. The number of hydrogen-bond acceptors (Lipinski definition) is 3. The summed E-state index contributed by atoms with van der Waals surface area (Å²) in [4.78, 5) is 9.61. The molecule has 1 aromatic carbocycles. The van der Waals surface area contributed by atoms with Gasteiger partial charge in [-0.1, -0.05) is 50.8 Å². The van der Waals surface area contributed by atoms with E-state index in [-0.39, 0.29) is 6.61 Å². The van der Waals surface area contributed by atoms with E-state index in [2.05, 4.69) is 6.92 Å². The van der Waals surface area contributed by atoms with E-state index < -0.39 is 7.82 Å². The molecule has 1 N–H and O–H groups in total. The summed E-state index contributed by atoms with van der Waals surface area (Å²) in [5.74, 6) is 0.388. The van der Waals surface area contributed by atoms with Crippen molar-refractivity contribution < 1.29 is 18.5 Å². The highest BCUT2D eigenvalue weighted by atomic mass is 31.2. The van der Waals surface area contributed by atoms with Crippen LogP contribution in [0.1, 0.15) is 44.6 Å². The molecule has 108 valence electrons. The Bertz CT molecular complexity index is 420. The predicted molar refractivity (Wildman–Crippen MR) is 76.3 cm³/mol. The maximum atomic E-state index is 11.7. The number of rotatable bonds is 9. The predicted octanol–water partition coefficient (Wildman–Crippen LogP) is 4.46. The lowest BCUT2D eigenvalue weighted by Gasteiger charge is -2.14. The molecule has 0 bridgehead atoms. The normalized spacial score (nSPS) is 14.1. The zero-order chi connectivity index (χ0) is 14.1. The number of unbranched alkanes of at least 4 members (excludes halogenated alkanes) is 4. The number of hydrogen-bond donors (Lipinski definition) is 1. The molecular formula is C14H23O4P. The van der Waals surface area contributed by atoms with Crippen molar-refractivity contribution in [2.75, 3.05) is 6.61 Å². The molecule has 0 aromatic heterocycles. The summed E-state index contributed by atoms with van der Waals surface area (Å²) in [5, 5.41) is 0. The number of aryl methyl sites for hydroxylation is 1. The lowest BCUT2D eigenvalue weighted by atomic mass is 10.2. The van der Waals surface area contributed by atoms with Crippen molar-refractivity contribution >= 4 is 7.82 Å². The first-order valence-electron chi connectivity index (χ1n) is 6.77. The molecule has 0 aliphatic rings. The van der Waals surface area contributed by atoms with Crippen LogP contribution >= 0.6 is 7.82 Å². The smallest absolute Gasteiger partial charge is 0.404 e. The van der Waals surface area contributed by atoms with Crippen LogP contribution in [0.2, 0.25) is 0 Å². The van der Waals surface area contributed by atoms with Crippen LogP contribution in [0, 0.1) is 6.92 Å². The van der Waals surface area contributed by atoms with Crippen molar-refractivity contribution in [3.8, 4) is 5.75 Å². The average Bonchev–Trinajstić information content (AvgIpc) is 2.36. The van der Waals surface area contributed by atoms with Crippen LogP contribution in [0.15, 0.2) is 24.3 Å². The topological polar surface area (TPSA) is 55.8 Å². The summed E-state index contributed by atoms with van der Waals surface area (Å²) in [5.41, 5.74) is 0.809. The summed E-state index contributed by atoms with van der Waals surface area (Å²) in [6.07, 6.45) is 5.29. The molecule has 0 saturated heterocycles. The van der Waals surface area contributed by atoms with Gasteiger partial charge in [0, 0.05) is 0 Å². The Hall–Kier alpha value is -0.830. The fourth-order valence-electron chi connectivity index (χ4n) is 1.70. The van der Waals surface area contributed by atoms with Crippen molar-refractivity contribution in [1.82, 2.24) is 0 Å². The third kappa shape index (κ3) is 6.76. The van der Waals surface area contributed by atoms with E-state index in [1.807, 2.05) is 19.1 Å². The fourth-order valence-corrected chi connectivity index (χ4v) is 2.56. The van der Waals surface area contributed by atoms with Gasteiger partial charge in [-0.15, -0.1) is 0 Å². The van der Waals surface area contributed by atoms with Crippen molar-refractivity contribution in [1.29, 1.82) is 0 Å². The molecule has 1 atom stereocenters. The Kier molecular flexibility index (Phi) is 7.14. The van der Waals surface area contributed by atoms with Gasteiger partial charge in [0.2, 0.25) is 0 Å². The average molecular weight is 286 g/mol. The Labute approximate surface area is 115 Å². The van der Waals surface area contributed by atoms with Crippen molar-refractivity contribution in [2.45, 2.75) is 46.0 Å². The van der Waals surface area contributed by atoms with E-state index in [0.29, 0.717) is 5.75 Å². The van der Waals surface area contributed by atoms with E-state index in [4.69, 9.17) is 9.05 Å². The summed E-state index contributed by atoms with van der Waals surface area (Å²) in [6.45, 7) is 4.22. The molecule has 1 aromatic rings. The van der Waals surface area contributed by atoms with Gasteiger partial charge >= 0.3 is 7.82 Å². The summed E-state index contributed by atoms with van der Waals surface area (Å²) in [7, 11) is -4.00. The van der Waals surface area contributed by atoms with E-state index in [0.717, 1.165) is 24.8 Å². The summed E-state index contributed by atoms with van der Waals surface area (Å²) >= 11 is 0. The van der Waals surface area contributed by atoms with E-state index in [1.54, 1.807) is 12.1 Å². The molecular weight excluding hydrogens is 263 g/mol. The fraction of sp³-hybridized carbons (Fsp3) is 0.571. The van der Waals surface area contributed by atoms with Crippen molar-refractivity contribution in [3.63, 3.8) is 0 Å². The molecule has 0 spiro atoms. The Morgan fingerprint density at radius 1 is 1.16 bits per heavy atom. The van der Waals surface area contributed by atoms with E-state index >= 15 is 0 Å². The van der Waals surface area contributed by atoms with Crippen LogP contribution in [0.3, 0.4) is 0 Å². The maximum absolute atomic E-state index is 11.7. The Morgan fingerprint density at radius 2 is 1.84 bits per heavy atom. The van der Waals surface area contributed by atoms with Crippen molar-refractivity contribution in [3.05, 3.63) is 29.8 Å². The summed E-state index contributed by atoms with van der Waals surface area (Å²) < 4.78 is 21.7. The van der Waals surface area contributed by atoms with Crippen LogP contribution in [0.5, 0.6) is 5.75 Å². The van der Waals surface area contributed by atoms with Crippen LogP contribution in [0.4, 0.5) is 0 Å². The minimum atomic E-state index is -4.00. The zero-order valence-corrected chi connectivity index (χ0v) is 12.6. The van der Waals surface area contributed by atoms with Gasteiger partial charge in [0.05, 0.1) is 6.61 Å². The first kappa shape index (κ1) is 16.2. The number of para-hydroxylation sites is 1. The molecule has 0 amide bonds. The number of benzene rings is 1. The SMILES string of the molecule is CCCCCCCOP(=O)(O)Oc1ccccc1C. The minimum Gasteiger partial charge on any atom is -0.404 e. The number of phosphoric ester groups is 1. The first-order valence-corrected chi connectivity index (χ1v) is 8.27. The van der Waals surface area contributed by atoms with Gasteiger partial charge < -0.3 is 4.52 Å². The van der Waals surface area contributed by atoms with Gasteiger partial charge in [-0.25, -0.2) is 4.57 Å². The molecule has 0 radical (unpaired) electrons. The minimum absolute atomic E-state index is 0.253. The second-order valence-corrected chi connectivity index (χ2v) is 5.95. The highest BCUT2D eigenvalue weighted by Crippen LogP contribution is 2.44. The van der Waals surface area contributed by atoms with Gasteiger partial charge in [0.25, 0.3) is 0 Å². The molecule has 0 aliphatic carbocycles. The standard InChI is InChI=1S/C14H23O4P/c1-3-4-5-6-9-12-17-19(15,16)18-14-11-8-7-10-13(14)2/h7-8,10-11H,3-6,9,12H2,1-2H3,(H,15,16). The third-order valence-electron chi connectivity index (χ3n) is 2.81. The molecule has 1 rings (SSSR count). The monoisotopic (exact) mass is 286 g/mol. The van der Waals surface area contributed by atoms with Gasteiger partial charge in [-0.05, 0) is 25.0 Å². The van der Waals surface area contributed by atoms with Gasteiger partial charge in [-0.2, -0.15) is 0 Å². The van der Waals surface area contributed by atoms with Crippen LogP contribution in [-0.4, -0.2) is 11.5 Å². The highest BCUT2D eigenvalue weighted by Gasteiger charge is 2.23. The molecule has 0 aliphatic heterocycles. The maximum Gasteiger partial charge on any atom is 0.527 e. The largest absolute Gasteiger partial charge is 0.527 e. The first-order chi connectivity index (χ1) is 9.05. The van der Waals surface area contributed by atoms with Crippen molar-refractivity contribution in [2.24, 2.45) is 0 Å². The molecule has 0 saturated carbocycles. The summed E-state index contributed by atoms with van der Waals surface area (Å²) in [6, 6.07) is 7.08. The van der Waals surface area contributed by atoms with E-state index in [1.165, 1.54) is 12.8 Å². The highest BCUT2D eigenvalue weighted by molar-refractivity contribution is 7.47. The van der Waals surface area contributed by atoms with Crippen LogP contribution in [0.25, 0.3) is 0 Å². The zero-order valence-electron chi connectivity index (χ0n) is 11.7. The molecule has 5 heteroatoms. The molecule has 19 heavy (non-hydrogen) atoms. The van der Waals surface area contributed by atoms with E-state index in [9.17, 15) is 9.46 Å². The lowest BCUT2D eigenvalue weighted by molar-refractivity contribution is 0.199. The van der Waals surface area contributed by atoms with Gasteiger partial charge in [0.15, 0.2) is 0 Å². The Morgan fingerprint density at radius 3 is 2.53 bits per heavy atom.